The predicted molar refractivity (Wildman–Crippen MR) is 157 cm³/mol. The molecule has 3 heterocycles. The van der Waals surface area contributed by atoms with Crippen molar-refractivity contribution in [3.63, 3.8) is 0 Å². The lowest BCUT2D eigenvalue weighted by molar-refractivity contribution is -0.145. The summed E-state index contributed by atoms with van der Waals surface area (Å²) in [5.41, 5.74) is 6.66. The number of aromatic nitrogens is 2. The Morgan fingerprint density at radius 2 is 1.87 bits per heavy atom. The van der Waals surface area contributed by atoms with E-state index in [4.69, 9.17) is 17.3 Å². The minimum Gasteiger partial charge on any atom is -0.324 e. The number of amides is 1. The molecule has 1 amide bonds. The van der Waals surface area contributed by atoms with Crippen molar-refractivity contribution in [2.75, 3.05) is 24.2 Å². The number of nitrogens with zero attached hydrogens (tertiary/aromatic N) is 3. The third-order valence-corrected chi connectivity index (χ3v) is 10.4. The van der Waals surface area contributed by atoms with E-state index in [9.17, 15) is 30.8 Å². The third-order valence-electron chi connectivity index (χ3n) is 8.12. The monoisotopic (exact) mass is 672 g/mol. The van der Waals surface area contributed by atoms with Gasteiger partial charge in [-0.1, -0.05) is 23.7 Å². The third kappa shape index (κ3) is 7.43. The van der Waals surface area contributed by atoms with Crippen LogP contribution in [0.25, 0.3) is 0 Å². The average molecular weight is 673 g/mol. The highest BCUT2D eigenvalue weighted by molar-refractivity contribution is 7.89. The Balaban J connectivity index is 1.39. The summed E-state index contributed by atoms with van der Waals surface area (Å²) in [5, 5.41) is 5.74. The van der Waals surface area contributed by atoms with E-state index in [1.165, 1.54) is 34.6 Å². The predicted octanol–water partition coefficient (Wildman–Crippen LogP) is 4.22. The largest absolute Gasteiger partial charge is 0.451 e. The van der Waals surface area contributed by atoms with E-state index in [1.807, 2.05) is 0 Å². The Hall–Kier alpha value is -3.24. The van der Waals surface area contributed by atoms with Crippen LogP contribution in [0.3, 0.4) is 0 Å². The van der Waals surface area contributed by atoms with E-state index in [-0.39, 0.29) is 52.0 Å². The second kappa shape index (κ2) is 13.2. The van der Waals surface area contributed by atoms with Crippen LogP contribution in [0.15, 0.2) is 48.8 Å². The lowest BCUT2D eigenvalue weighted by atomic mass is 9.86. The second-order valence-electron chi connectivity index (χ2n) is 11.1. The van der Waals surface area contributed by atoms with Crippen molar-refractivity contribution in [3.8, 4) is 0 Å². The van der Waals surface area contributed by atoms with Crippen molar-refractivity contribution in [1.29, 1.82) is 0 Å². The first-order valence-corrected chi connectivity index (χ1v) is 16.1. The smallest absolute Gasteiger partial charge is 0.324 e. The maximum Gasteiger partial charge on any atom is 0.451 e. The maximum atomic E-state index is 15.1. The SMILES string of the molecule is N[C@H](C(=O)Nc1cccc(F)c1CC[C@H]1CN[C@@H]2CCCS(=O)(=O)N1C2)[C@H](c1cnc(C(F)(F)F)nc1)c1ccc(Cl)c(F)c1. The first-order chi connectivity index (χ1) is 21.2. The summed E-state index contributed by atoms with van der Waals surface area (Å²) in [6.07, 6.45) is -1.46. The van der Waals surface area contributed by atoms with Gasteiger partial charge in [-0.05, 0) is 61.1 Å². The fourth-order valence-corrected chi connectivity index (χ4v) is 7.74. The highest BCUT2D eigenvalue weighted by atomic mass is 35.5. The molecule has 2 saturated heterocycles. The fourth-order valence-electron chi connectivity index (χ4n) is 5.81. The quantitative estimate of drug-likeness (QED) is 0.306. The van der Waals surface area contributed by atoms with Crippen LogP contribution in [-0.2, 0) is 27.4 Å². The number of sulfonamides is 1. The molecule has 1 aromatic heterocycles. The van der Waals surface area contributed by atoms with Crippen LogP contribution in [0.5, 0.6) is 0 Å². The van der Waals surface area contributed by atoms with E-state index in [2.05, 4.69) is 20.6 Å². The zero-order chi connectivity index (χ0) is 32.5. The lowest BCUT2D eigenvalue weighted by Gasteiger charge is -2.37. The van der Waals surface area contributed by atoms with E-state index in [0.717, 1.165) is 24.9 Å². The number of fused-ring (bicyclic) bond motifs is 2. The van der Waals surface area contributed by atoms with Crippen LogP contribution in [-0.4, -0.2) is 65.6 Å². The molecule has 2 aromatic carbocycles. The Morgan fingerprint density at radius 1 is 1.13 bits per heavy atom. The van der Waals surface area contributed by atoms with Gasteiger partial charge in [0.05, 0.1) is 16.8 Å². The number of halogens is 6. The second-order valence-corrected chi connectivity index (χ2v) is 13.5. The Kier molecular flexibility index (Phi) is 9.75. The molecular formula is C29H30ClF5N6O3S. The molecule has 3 aromatic rings. The number of alkyl halides is 3. The van der Waals surface area contributed by atoms with Gasteiger partial charge in [-0.3, -0.25) is 4.79 Å². The van der Waals surface area contributed by atoms with Crippen LogP contribution >= 0.6 is 11.6 Å². The number of nitrogens with one attached hydrogen (secondary N) is 2. The van der Waals surface area contributed by atoms with Crippen LogP contribution in [0, 0.1) is 11.6 Å². The van der Waals surface area contributed by atoms with Crippen molar-refractivity contribution in [3.05, 3.63) is 88.0 Å². The van der Waals surface area contributed by atoms with Gasteiger partial charge >= 0.3 is 6.18 Å². The van der Waals surface area contributed by atoms with Crippen molar-refractivity contribution < 1.29 is 35.2 Å². The number of piperazine rings is 1. The molecular weight excluding hydrogens is 643 g/mol. The van der Waals surface area contributed by atoms with E-state index >= 15 is 4.39 Å². The molecule has 16 heteroatoms. The summed E-state index contributed by atoms with van der Waals surface area (Å²) in [4.78, 5) is 20.2. The Morgan fingerprint density at radius 3 is 2.56 bits per heavy atom. The first kappa shape index (κ1) is 33.1. The zero-order valence-corrected chi connectivity index (χ0v) is 25.3. The molecule has 2 aliphatic heterocycles. The molecule has 5 atom stereocenters. The van der Waals surface area contributed by atoms with Crippen LogP contribution in [0.4, 0.5) is 27.6 Å². The molecule has 5 rings (SSSR count). The number of benzene rings is 2. The van der Waals surface area contributed by atoms with Crippen molar-refractivity contribution in [2.24, 2.45) is 5.73 Å². The summed E-state index contributed by atoms with van der Waals surface area (Å²) in [5.74, 6) is -4.91. The topological polar surface area (TPSA) is 130 Å². The van der Waals surface area contributed by atoms with Gasteiger partial charge in [0.1, 0.15) is 11.6 Å². The highest BCUT2D eigenvalue weighted by Crippen LogP contribution is 2.33. The molecule has 2 bridgehead atoms. The van der Waals surface area contributed by atoms with Gasteiger partial charge < -0.3 is 16.4 Å². The summed E-state index contributed by atoms with van der Waals surface area (Å²) in [7, 11) is -3.47. The highest BCUT2D eigenvalue weighted by Gasteiger charge is 2.38. The number of anilines is 1. The van der Waals surface area contributed by atoms with Gasteiger partial charge in [-0.15, -0.1) is 0 Å². The lowest BCUT2D eigenvalue weighted by Crippen LogP contribution is -2.57. The summed E-state index contributed by atoms with van der Waals surface area (Å²) >= 11 is 5.81. The van der Waals surface area contributed by atoms with Gasteiger partial charge in [-0.2, -0.15) is 17.5 Å². The standard InChI is InChI=1S/C29H30ClF5N6O3S/c30-21-9-6-16(11-23(21)32)25(17-12-38-28(39-13-17)29(33,34)35)26(36)27(42)40-24-5-1-4-22(31)20(24)8-7-19-14-37-18-3-2-10-45(43,44)41(19)15-18/h1,4-6,9,11-13,18-19,25-26,37H,2-3,7-8,10,14-15,36H2,(H,40,42)/t18-,19+,25+,26+/m1/s1. The molecule has 0 aliphatic carbocycles. The van der Waals surface area contributed by atoms with Gasteiger partial charge in [-0.25, -0.2) is 27.2 Å². The Bertz CT molecular complexity index is 1660. The van der Waals surface area contributed by atoms with Crippen LogP contribution in [0.2, 0.25) is 5.02 Å². The van der Waals surface area contributed by atoms with Gasteiger partial charge in [0.2, 0.25) is 21.8 Å². The van der Waals surface area contributed by atoms with Gasteiger partial charge in [0.15, 0.2) is 0 Å². The van der Waals surface area contributed by atoms with E-state index in [1.54, 1.807) is 0 Å². The van der Waals surface area contributed by atoms with Gasteiger partial charge in [0.25, 0.3) is 0 Å². The maximum absolute atomic E-state index is 15.1. The molecule has 0 saturated carbocycles. The molecule has 1 unspecified atom stereocenters. The minimum atomic E-state index is -4.82. The number of hydrogen-bond donors (Lipinski definition) is 3. The summed E-state index contributed by atoms with van der Waals surface area (Å²) in [6, 6.07) is 5.75. The normalized spacial score (nSPS) is 22.7. The molecule has 0 radical (unpaired) electrons. The van der Waals surface area contributed by atoms with Crippen molar-refractivity contribution >= 4 is 33.2 Å². The number of carbonyl (C=O) groups excluding carboxylic acids is 1. The molecule has 0 spiro atoms. The summed E-state index contributed by atoms with van der Waals surface area (Å²) < 4.78 is 96.0. The zero-order valence-electron chi connectivity index (χ0n) is 23.7. The number of hydrogen-bond acceptors (Lipinski definition) is 7. The molecule has 4 N–H and O–H groups in total. The van der Waals surface area contributed by atoms with Crippen molar-refractivity contribution in [1.82, 2.24) is 19.6 Å². The van der Waals surface area contributed by atoms with Gasteiger partial charge in [0, 0.05) is 54.7 Å². The number of nitrogens with two attached hydrogens (primary N) is 1. The van der Waals surface area contributed by atoms with E-state index in [0.29, 0.717) is 19.5 Å². The van der Waals surface area contributed by atoms with Crippen molar-refractivity contribution in [2.45, 2.75) is 55.9 Å². The molecule has 45 heavy (non-hydrogen) atoms. The minimum absolute atomic E-state index is 0.00593. The molecule has 242 valence electrons. The summed E-state index contributed by atoms with van der Waals surface area (Å²) in [6.45, 7) is 0.739. The number of rotatable bonds is 8. The van der Waals surface area contributed by atoms with Crippen LogP contribution in [0.1, 0.15) is 47.7 Å². The molecule has 2 aliphatic rings. The number of carbonyl (C=O) groups is 1. The fraction of sp³-hybridized carbons (Fsp3) is 0.414. The first-order valence-electron chi connectivity index (χ1n) is 14.2. The van der Waals surface area contributed by atoms with E-state index < -0.39 is 57.6 Å². The molecule has 9 nitrogen and oxygen atoms in total. The Labute approximate surface area is 261 Å². The average Bonchev–Trinajstić information content (AvgIpc) is 3.10. The van der Waals surface area contributed by atoms with Crippen LogP contribution < -0.4 is 16.4 Å². The molecule has 2 fully saturated rings.